The topological polar surface area (TPSA) is 62.2 Å². The molecule has 1 aromatic heterocycles. The maximum atomic E-state index is 11.6. The lowest BCUT2D eigenvalue weighted by atomic mass is 9.82. The third-order valence-electron chi connectivity index (χ3n) is 3.91. The molecular formula is C16H16N2O2. The van der Waals surface area contributed by atoms with Gasteiger partial charge >= 0.3 is 0 Å². The van der Waals surface area contributed by atoms with E-state index in [1.807, 2.05) is 18.3 Å². The van der Waals surface area contributed by atoms with Crippen molar-refractivity contribution in [2.45, 2.75) is 19.3 Å². The summed E-state index contributed by atoms with van der Waals surface area (Å²) in [6.45, 7) is 0. The molecule has 0 spiro atoms. The molecule has 0 radical (unpaired) electrons. The van der Waals surface area contributed by atoms with Crippen molar-refractivity contribution in [3.63, 3.8) is 0 Å². The Kier molecular flexibility index (Phi) is 3.48. The van der Waals surface area contributed by atoms with Crippen LogP contribution in [0.4, 0.5) is 0 Å². The molecule has 0 aliphatic heterocycles. The van der Waals surface area contributed by atoms with Gasteiger partial charge in [-0.1, -0.05) is 24.3 Å². The van der Waals surface area contributed by atoms with Gasteiger partial charge in [0.2, 0.25) is 5.91 Å². The van der Waals surface area contributed by atoms with E-state index in [-0.39, 0.29) is 11.8 Å². The van der Waals surface area contributed by atoms with Crippen LogP contribution in [0.2, 0.25) is 0 Å². The maximum Gasteiger partial charge on any atom is 0.246 e. The van der Waals surface area contributed by atoms with Crippen LogP contribution in [-0.2, 0) is 17.6 Å². The lowest BCUT2D eigenvalue weighted by Crippen LogP contribution is -2.31. The number of nitrogens with zero attached hydrogens (tertiary/aromatic N) is 1. The molecule has 0 saturated carbocycles. The minimum absolute atomic E-state index is 0.142. The molecule has 4 nitrogen and oxygen atoms in total. The van der Waals surface area contributed by atoms with Crippen LogP contribution in [0.15, 0.2) is 42.7 Å². The molecule has 102 valence electrons. The highest BCUT2D eigenvalue weighted by atomic mass is 16.5. The van der Waals surface area contributed by atoms with Crippen LogP contribution in [0.25, 0.3) is 11.1 Å². The number of fused-ring (bicyclic) bond motifs is 1. The van der Waals surface area contributed by atoms with Gasteiger partial charge in [0.1, 0.15) is 0 Å². The number of hydrogen-bond donors (Lipinski definition) is 2. The Bertz CT molecular complexity index is 626. The number of aromatic nitrogens is 1. The summed E-state index contributed by atoms with van der Waals surface area (Å²) in [5.41, 5.74) is 6.43. The molecule has 2 aromatic rings. The molecular weight excluding hydrogens is 252 g/mol. The van der Waals surface area contributed by atoms with Crippen LogP contribution in [0, 0.1) is 5.92 Å². The van der Waals surface area contributed by atoms with Gasteiger partial charge in [-0.25, -0.2) is 5.48 Å². The zero-order valence-electron chi connectivity index (χ0n) is 11.0. The summed E-state index contributed by atoms with van der Waals surface area (Å²) < 4.78 is 0. The van der Waals surface area contributed by atoms with Crippen molar-refractivity contribution in [3.05, 3.63) is 53.9 Å². The number of hydrogen-bond acceptors (Lipinski definition) is 3. The number of benzene rings is 1. The molecule has 1 heterocycles. The minimum atomic E-state index is -0.289. The summed E-state index contributed by atoms with van der Waals surface area (Å²) in [6, 6.07) is 10.3. The molecule has 1 aliphatic carbocycles. The van der Waals surface area contributed by atoms with E-state index >= 15 is 0 Å². The van der Waals surface area contributed by atoms with Crippen molar-refractivity contribution in [2.75, 3.05) is 0 Å². The normalized spacial score (nSPS) is 17.4. The Morgan fingerprint density at radius 2 is 2.15 bits per heavy atom. The number of pyridine rings is 1. The summed E-state index contributed by atoms with van der Waals surface area (Å²) in [5.74, 6) is -0.431. The number of rotatable bonds is 2. The molecule has 3 rings (SSSR count). The standard InChI is InChI=1S/C16H16N2O2/c19-16(18-20)13-6-4-11-3-5-12(8-15(11)9-13)14-2-1-7-17-10-14/h1-3,5,7-8,10,13,20H,4,6,9H2,(H,18,19). The monoisotopic (exact) mass is 268 g/mol. The van der Waals surface area contributed by atoms with Gasteiger partial charge in [-0.3, -0.25) is 15.0 Å². The van der Waals surface area contributed by atoms with Gasteiger partial charge in [-0.2, -0.15) is 0 Å². The summed E-state index contributed by atoms with van der Waals surface area (Å²) in [7, 11) is 0. The number of carbonyl (C=O) groups excluding carboxylic acids is 1. The van der Waals surface area contributed by atoms with E-state index in [0.717, 1.165) is 24.0 Å². The molecule has 1 amide bonds. The maximum absolute atomic E-state index is 11.6. The quantitative estimate of drug-likeness (QED) is 0.649. The van der Waals surface area contributed by atoms with E-state index in [2.05, 4.69) is 23.2 Å². The lowest BCUT2D eigenvalue weighted by Gasteiger charge is -2.23. The second kappa shape index (κ2) is 5.43. The van der Waals surface area contributed by atoms with Crippen molar-refractivity contribution in [3.8, 4) is 11.1 Å². The van der Waals surface area contributed by atoms with Crippen LogP contribution >= 0.6 is 0 Å². The highest BCUT2D eigenvalue weighted by Gasteiger charge is 2.24. The summed E-state index contributed by atoms with van der Waals surface area (Å²) >= 11 is 0. The SMILES string of the molecule is O=C(NO)C1CCc2ccc(-c3cccnc3)cc2C1. The van der Waals surface area contributed by atoms with E-state index in [9.17, 15) is 4.79 Å². The zero-order valence-corrected chi connectivity index (χ0v) is 11.0. The molecule has 0 fully saturated rings. The number of amides is 1. The third-order valence-corrected chi connectivity index (χ3v) is 3.91. The smallest absolute Gasteiger partial charge is 0.246 e. The average molecular weight is 268 g/mol. The second-order valence-corrected chi connectivity index (χ2v) is 5.14. The van der Waals surface area contributed by atoms with Crippen LogP contribution in [0.1, 0.15) is 17.5 Å². The van der Waals surface area contributed by atoms with E-state index < -0.39 is 0 Å². The van der Waals surface area contributed by atoms with Crippen molar-refractivity contribution in [1.29, 1.82) is 0 Å². The summed E-state index contributed by atoms with van der Waals surface area (Å²) in [4.78, 5) is 15.7. The molecule has 2 N–H and O–H groups in total. The molecule has 0 saturated heterocycles. The predicted octanol–water partition coefficient (Wildman–Crippen LogP) is 2.36. The minimum Gasteiger partial charge on any atom is -0.289 e. The Hall–Kier alpha value is -2.20. The first-order valence-electron chi connectivity index (χ1n) is 6.74. The number of aryl methyl sites for hydroxylation is 1. The fraction of sp³-hybridized carbons (Fsp3) is 0.250. The van der Waals surface area contributed by atoms with Crippen molar-refractivity contribution in [2.24, 2.45) is 5.92 Å². The van der Waals surface area contributed by atoms with E-state index in [1.54, 1.807) is 11.7 Å². The van der Waals surface area contributed by atoms with Gasteiger partial charge in [-0.15, -0.1) is 0 Å². The number of nitrogens with one attached hydrogen (secondary N) is 1. The molecule has 1 aliphatic rings. The summed E-state index contributed by atoms with van der Waals surface area (Å²) in [5, 5.41) is 8.76. The van der Waals surface area contributed by atoms with Gasteiger partial charge in [0.15, 0.2) is 0 Å². The Labute approximate surface area is 117 Å². The van der Waals surface area contributed by atoms with Crippen LogP contribution in [0.5, 0.6) is 0 Å². The van der Waals surface area contributed by atoms with Gasteiger partial charge in [-0.05, 0) is 47.6 Å². The van der Waals surface area contributed by atoms with Crippen molar-refractivity contribution >= 4 is 5.91 Å². The van der Waals surface area contributed by atoms with Gasteiger partial charge in [0, 0.05) is 18.3 Å². The van der Waals surface area contributed by atoms with Gasteiger partial charge < -0.3 is 0 Å². The second-order valence-electron chi connectivity index (χ2n) is 5.14. The number of hydroxylamine groups is 1. The fourth-order valence-corrected chi connectivity index (χ4v) is 2.79. The predicted molar refractivity (Wildman–Crippen MR) is 75.1 cm³/mol. The van der Waals surface area contributed by atoms with E-state index in [1.165, 1.54) is 11.1 Å². The van der Waals surface area contributed by atoms with E-state index in [0.29, 0.717) is 6.42 Å². The molecule has 4 heteroatoms. The van der Waals surface area contributed by atoms with Crippen molar-refractivity contribution in [1.82, 2.24) is 10.5 Å². The molecule has 0 bridgehead atoms. The van der Waals surface area contributed by atoms with Crippen LogP contribution in [0.3, 0.4) is 0 Å². The highest BCUT2D eigenvalue weighted by Crippen LogP contribution is 2.29. The van der Waals surface area contributed by atoms with Crippen LogP contribution in [-0.4, -0.2) is 16.1 Å². The molecule has 1 unspecified atom stereocenters. The third kappa shape index (κ3) is 2.42. The first kappa shape index (κ1) is 12.8. The van der Waals surface area contributed by atoms with Crippen LogP contribution < -0.4 is 5.48 Å². The summed E-state index contributed by atoms with van der Waals surface area (Å²) in [6.07, 6.45) is 5.92. The first-order chi connectivity index (χ1) is 9.78. The average Bonchev–Trinajstić information content (AvgIpc) is 2.54. The molecule has 1 aromatic carbocycles. The Morgan fingerprint density at radius 3 is 2.90 bits per heavy atom. The Morgan fingerprint density at radius 1 is 1.25 bits per heavy atom. The fourth-order valence-electron chi connectivity index (χ4n) is 2.79. The van der Waals surface area contributed by atoms with Gasteiger partial charge in [0.25, 0.3) is 0 Å². The van der Waals surface area contributed by atoms with Crippen molar-refractivity contribution < 1.29 is 10.0 Å². The Balaban J connectivity index is 1.91. The zero-order chi connectivity index (χ0) is 13.9. The van der Waals surface area contributed by atoms with Gasteiger partial charge in [0.05, 0.1) is 0 Å². The highest BCUT2D eigenvalue weighted by molar-refractivity contribution is 5.78. The largest absolute Gasteiger partial charge is 0.289 e. The lowest BCUT2D eigenvalue weighted by molar-refractivity contribution is -0.133. The first-order valence-corrected chi connectivity index (χ1v) is 6.74. The molecule has 1 atom stereocenters. The number of carbonyl (C=O) groups is 1. The van der Waals surface area contributed by atoms with E-state index in [4.69, 9.17) is 5.21 Å². The molecule has 20 heavy (non-hydrogen) atoms.